The van der Waals surface area contributed by atoms with E-state index in [0.717, 1.165) is 18.9 Å². The highest BCUT2D eigenvalue weighted by Crippen LogP contribution is 2.37. The molecular weight excluding hydrogens is 356 g/mol. The number of hydrogen-bond acceptors (Lipinski definition) is 8. The molecule has 23 heavy (non-hydrogen) atoms. The minimum atomic E-state index is -3.01. The zero-order valence-electron chi connectivity index (χ0n) is 15.2. The van der Waals surface area contributed by atoms with E-state index in [9.17, 15) is 0 Å². The van der Waals surface area contributed by atoms with Gasteiger partial charge in [0.2, 0.25) is 0 Å². The lowest BCUT2D eigenvalue weighted by atomic mass is 10.2. The Balaban J connectivity index is 2.83. The molecule has 1 saturated heterocycles. The molecule has 1 aliphatic rings. The summed E-state index contributed by atoms with van der Waals surface area (Å²) in [6, 6.07) is 1.42. The van der Waals surface area contributed by atoms with Gasteiger partial charge in [0.1, 0.15) is 0 Å². The molecule has 8 nitrogen and oxygen atoms in total. The molecule has 0 saturated carbocycles. The van der Waals surface area contributed by atoms with Crippen LogP contribution in [0.1, 0.15) is 12.8 Å². The monoisotopic (exact) mass is 386 g/mol. The van der Waals surface area contributed by atoms with Crippen LogP contribution in [0.15, 0.2) is 0 Å². The van der Waals surface area contributed by atoms with Crippen molar-refractivity contribution in [2.24, 2.45) is 0 Å². The third-order valence-corrected chi connectivity index (χ3v) is 18.5. The maximum absolute atomic E-state index is 6.26. The third-order valence-electron chi connectivity index (χ3n) is 4.49. The van der Waals surface area contributed by atoms with Crippen molar-refractivity contribution < 1.29 is 35.4 Å². The van der Waals surface area contributed by atoms with Gasteiger partial charge in [-0.25, -0.2) is 0 Å². The molecule has 0 aromatic rings. The first-order chi connectivity index (χ1) is 11.0. The highest BCUT2D eigenvalue weighted by atomic mass is 29.3. The van der Waals surface area contributed by atoms with E-state index in [4.69, 9.17) is 35.4 Å². The van der Waals surface area contributed by atoms with Crippen LogP contribution in [0.2, 0.25) is 12.1 Å². The second kappa shape index (κ2) is 9.15. The Hall–Kier alpha value is 0.331. The highest BCUT2D eigenvalue weighted by Gasteiger charge is 2.69. The van der Waals surface area contributed by atoms with Crippen LogP contribution < -0.4 is 0 Å². The first-order valence-corrected chi connectivity index (χ1v) is 14.2. The fourth-order valence-electron chi connectivity index (χ4n) is 3.00. The van der Waals surface area contributed by atoms with Gasteiger partial charge in [0.15, 0.2) is 0 Å². The summed E-state index contributed by atoms with van der Waals surface area (Å²) in [5.41, 5.74) is 0. The Labute approximate surface area is 142 Å². The van der Waals surface area contributed by atoms with E-state index in [1.165, 1.54) is 0 Å². The lowest BCUT2D eigenvalue weighted by Gasteiger charge is -2.45. The third kappa shape index (κ3) is 4.12. The first-order valence-electron chi connectivity index (χ1n) is 7.50. The van der Waals surface area contributed by atoms with Crippen molar-refractivity contribution in [3.05, 3.63) is 0 Å². The SMILES string of the molecule is CO[Si](CCC1CC[Si](OC)(OC)[Si](OC)(OC)O1)(OC)OC. The van der Waals surface area contributed by atoms with Crippen LogP contribution >= 0.6 is 0 Å². The molecule has 0 aromatic heterocycles. The molecule has 1 atom stereocenters. The minimum Gasteiger partial charge on any atom is -0.395 e. The van der Waals surface area contributed by atoms with Crippen molar-refractivity contribution in [1.82, 2.24) is 0 Å². The summed E-state index contributed by atoms with van der Waals surface area (Å²) in [6.07, 6.45) is 1.53. The molecule has 1 heterocycles. The van der Waals surface area contributed by atoms with E-state index in [0.29, 0.717) is 6.04 Å². The summed E-state index contributed by atoms with van der Waals surface area (Å²) < 4.78 is 45.5. The Morgan fingerprint density at radius 3 is 1.78 bits per heavy atom. The van der Waals surface area contributed by atoms with Gasteiger partial charge in [0.05, 0.1) is 0 Å². The summed E-state index contributed by atoms with van der Waals surface area (Å²) in [7, 11) is 3.00. The second-order valence-electron chi connectivity index (χ2n) is 5.24. The molecule has 0 aliphatic carbocycles. The average molecular weight is 387 g/mol. The molecular formula is C12H30O8Si3. The largest absolute Gasteiger partial charge is 0.539 e. The fraction of sp³-hybridized carbons (Fsp3) is 1.00. The van der Waals surface area contributed by atoms with Gasteiger partial charge < -0.3 is 35.4 Å². The molecule has 1 rings (SSSR count). The summed E-state index contributed by atoms with van der Waals surface area (Å²) in [6.45, 7) is 0. The van der Waals surface area contributed by atoms with Crippen molar-refractivity contribution in [1.29, 1.82) is 0 Å². The molecule has 1 unspecified atom stereocenters. The molecule has 138 valence electrons. The van der Waals surface area contributed by atoms with Gasteiger partial charge in [-0.1, -0.05) is 0 Å². The van der Waals surface area contributed by atoms with Crippen molar-refractivity contribution >= 4 is 25.2 Å². The molecule has 0 amide bonds. The number of rotatable bonds is 10. The van der Waals surface area contributed by atoms with Gasteiger partial charge in [-0.15, -0.1) is 0 Å². The van der Waals surface area contributed by atoms with E-state index in [1.54, 1.807) is 49.8 Å². The van der Waals surface area contributed by atoms with E-state index >= 15 is 0 Å². The Morgan fingerprint density at radius 1 is 0.870 bits per heavy atom. The standard InChI is InChI=1S/C12H30O8Si3/c1-13-21(14-2,15-3)10-8-12-9-11-22(16-4,17-5)23(18-6,19-7)20-12/h12H,8-11H2,1-7H3. The van der Waals surface area contributed by atoms with Gasteiger partial charge in [0, 0.05) is 61.9 Å². The average Bonchev–Trinajstić information content (AvgIpc) is 2.63. The predicted molar refractivity (Wildman–Crippen MR) is 90.0 cm³/mol. The lowest BCUT2D eigenvalue weighted by molar-refractivity contribution is 0.0342. The number of hydrogen-bond donors (Lipinski definition) is 0. The Bertz CT molecular complexity index is 339. The maximum Gasteiger partial charge on any atom is 0.539 e. The van der Waals surface area contributed by atoms with Crippen LogP contribution in [0.5, 0.6) is 0 Å². The zero-order valence-corrected chi connectivity index (χ0v) is 18.2. The van der Waals surface area contributed by atoms with E-state index in [2.05, 4.69) is 0 Å². The molecule has 1 fully saturated rings. The van der Waals surface area contributed by atoms with Crippen LogP contribution in [0.3, 0.4) is 0 Å². The summed E-state index contributed by atoms with van der Waals surface area (Å²) >= 11 is 0. The fourth-order valence-corrected chi connectivity index (χ4v) is 14.5. The summed E-state index contributed by atoms with van der Waals surface area (Å²) in [5, 5.41) is 0. The van der Waals surface area contributed by atoms with E-state index < -0.39 is 25.2 Å². The van der Waals surface area contributed by atoms with E-state index in [1.807, 2.05) is 0 Å². The van der Waals surface area contributed by atoms with Gasteiger partial charge in [-0.2, -0.15) is 0 Å². The Kier molecular flexibility index (Phi) is 8.50. The van der Waals surface area contributed by atoms with Crippen LogP contribution in [0.25, 0.3) is 0 Å². The molecule has 0 aromatic carbocycles. The van der Waals surface area contributed by atoms with Crippen molar-refractivity contribution in [3.8, 4) is 0 Å². The molecule has 0 N–H and O–H groups in total. The second-order valence-corrected chi connectivity index (χ2v) is 17.4. The first kappa shape index (κ1) is 21.4. The minimum absolute atomic E-state index is 0.0279. The predicted octanol–water partition coefficient (Wildman–Crippen LogP) is 1.09. The summed E-state index contributed by atoms with van der Waals surface area (Å²) in [4.78, 5) is 0. The van der Waals surface area contributed by atoms with Crippen LogP contribution in [0.4, 0.5) is 0 Å². The van der Waals surface area contributed by atoms with Gasteiger partial charge in [-0.05, 0) is 18.9 Å². The molecule has 11 heteroatoms. The highest BCUT2D eigenvalue weighted by molar-refractivity contribution is 7.29. The van der Waals surface area contributed by atoms with Crippen LogP contribution in [-0.4, -0.2) is 81.1 Å². The van der Waals surface area contributed by atoms with Gasteiger partial charge >= 0.3 is 25.2 Å². The maximum atomic E-state index is 6.26. The normalized spacial score (nSPS) is 23.9. The molecule has 0 bridgehead atoms. The van der Waals surface area contributed by atoms with Gasteiger partial charge in [-0.3, -0.25) is 0 Å². The lowest BCUT2D eigenvalue weighted by Crippen LogP contribution is -2.74. The zero-order chi connectivity index (χ0) is 17.6. The van der Waals surface area contributed by atoms with Gasteiger partial charge in [0.25, 0.3) is 0 Å². The molecule has 0 spiro atoms. The smallest absolute Gasteiger partial charge is 0.395 e. The van der Waals surface area contributed by atoms with Crippen molar-refractivity contribution in [2.45, 2.75) is 31.0 Å². The van der Waals surface area contributed by atoms with Crippen LogP contribution in [-0.2, 0) is 35.4 Å². The topological polar surface area (TPSA) is 73.8 Å². The molecule has 0 radical (unpaired) electrons. The van der Waals surface area contributed by atoms with Crippen LogP contribution in [0, 0.1) is 0 Å². The Morgan fingerprint density at radius 2 is 1.39 bits per heavy atom. The van der Waals surface area contributed by atoms with Crippen molar-refractivity contribution in [2.75, 3.05) is 49.8 Å². The quantitative estimate of drug-likeness (QED) is 0.517. The summed E-state index contributed by atoms with van der Waals surface area (Å²) in [5.74, 6) is 0. The van der Waals surface area contributed by atoms with Crippen molar-refractivity contribution in [3.63, 3.8) is 0 Å². The molecule has 1 aliphatic heterocycles. The van der Waals surface area contributed by atoms with E-state index in [-0.39, 0.29) is 6.10 Å².